The molecule has 0 radical (unpaired) electrons. The molecule has 3 rings (SSSR count). The van der Waals surface area contributed by atoms with E-state index in [1.807, 2.05) is 0 Å². The lowest BCUT2D eigenvalue weighted by Gasteiger charge is -2.10. The van der Waals surface area contributed by atoms with E-state index < -0.39 is 28.6 Å². The van der Waals surface area contributed by atoms with Crippen LogP contribution in [0.3, 0.4) is 0 Å². The van der Waals surface area contributed by atoms with Crippen LogP contribution in [-0.4, -0.2) is 26.0 Å². The first-order valence-electron chi connectivity index (χ1n) is 5.97. The molecule has 3 aromatic rings. The van der Waals surface area contributed by atoms with Gasteiger partial charge in [0.05, 0.1) is 10.9 Å². The zero-order valence-electron chi connectivity index (χ0n) is 11.0. The summed E-state index contributed by atoms with van der Waals surface area (Å²) in [4.78, 5) is 23.3. The average molecular weight is 307 g/mol. The van der Waals surface area contributed by atoms with Gasteiger partial charge in [0.2, 0.25) is 11.2 Å². The Bertz CT molecular complexity index is 977. The molecule has 0 saturated heterocycles. The maximum Gasteiger partial charge on any atom is 0.341 e. The fraction of sp³-hybridized carbons (Fsp3) is 0.0769. The van der Waals surface area contributed by atoms with E-state index in [1.165, 1.54) is 6.92 Å². The summed E-state index contributed by atoms with van der Waals surface area (Å²) in [5, 5.41) is 15.9. The molecule has 0 saturated carbocycles. The Morgan fingerprint density at radius 1 is 1.27 bits per heavy atom. The van der Waals surface area contributed by atoms with Gasteiger partial charge < -0.3 is 5.11 Å². The monoisotopic (exact) mass is 307 g/mol. The molecule has 1 aromatic carbocycles. The van der Waals surface area contributed by atoms with Gasteiger partial charge in [0.25, 0.3) is 0 Å². The fourth-order valence-electron chi connectivity index (χ4n) is 2.09. The van der Waals surface area contributed by atoms with Crippen LogP contribution in [0.5, 0.6) is 0 Å². The second-order valence-electron chi connectivity index (χ2n) is 4.50. The maximum atomic E-state index is 13.5. The molecule has 22 heavy (non-hydrogen) atoms. The Morgan fingerprint density at radius 2 is 1.95 bits per heavy atom. The Labute approximate surface area is 120 Å². The van der Waals surface area contributed by atoms with Crippen LogP contribution in [0, 0.1) is 18.6 Å². The number of halogens is 2. The third-order valence-corrected chi connectivity index (χ3v) is 3.13. The number of nitrogens with zero attached hydrogens (tertiary/aromatic N) is 3. The Kier molecular flexibility index (Phi) is 2.98. The minimum Gasteiger partial charge on any atom is -0.477 e. The molecule has 1 N–H and O–H groups in total. The molecule has 0 bridgehead atoms. The Hall–Kier alpha value is -3.10. The van der Waals surface area contributed by atoms with Crippen molar-refractivity contribution >= 4 is 16.9 Å². The SMILES string of the molecule is Cc1nonc1-n1cc(C(=O)O)c(=O)c2cc(F)c(F)cc21. The van der Waals surface area contributed by atoms with E-state index >= 15 is 0 Å². The molecule has 0 amide bonds. The van der Waals surface area contributed by atoms with E-state index in [9.17, 15) is 18.4 Å². The molecule has 0 aliphatic carbocycles. The minimum absolute atomic E-state index is 0.0484. The summed E-state index contributed by atoms with van der Waals surface area (Å²) in [5.74, 6) is -3.87. The number of hydrogen-bond acceptors (Lipinski definition) is 5. The summed E-state index contributed by atoms with van der Waals surface area (Å²) in [6, 6.07) is 1.44. The molecule has 0 aliphatic rings. The van der Waals surface area contributed by atoms with Crippen LogP contribution in [0.15, 0.2) is 27.8 Å². The number of carboxylic acids is 1. The fourth-order valence-corrected chi connectivity index (χ4v) is 2.09. The van der Waals surface area contributed by atoms with E-state index in [0.29, 0.717) is 6.07 Å². The standard InChI is InChI=1S/C13H7F2N3O4/c1-5-12(17-22-16-5)18-4-7(13(20)21)11(19)6-2-8(14)9(15)3-10(6)18/h2-4H,1H3,(H,20,21). The van der Waals surface area contributed by atoms with E-state index in [-0.39, 0.29) is 22.4 Å². The van der Waals surface area contributed by atoms with Gasteiger partial charge in [0, 0.05) is 12.3 Å². The topological polar surface area (TPSA) is 98.2 Å². The highest BCUT2D eigenvalue weighted by Gasteiger charge is 2.20. The lowest BCUT2D eigenvalue weighted by molar-refractivity contribution is 0.0695. The van der Waals surface area contributed by atoms with Crippen molar-refractivity contribution < 1.29 is 23.3 Å². The van der Waals surface area contributed by atoms with Gasteiger partial charge in [-0.05, 0) is 18.1 Å². The number of rotatable bonds is 2. The van der Waals surface area contributed by atoms with Crippen LogP contribution < -0.4 is 5.43 Å². The predicted octanol–water partition coefficient (Wildman–Crippen LogP) is 1.66. The van der Waals surface area contributed by atoms with Crippen molar-refractivity contribution in [2.75, 3.05) is 0 Å². The van der Waals surface area contributed by atoms with Gasteiger partial charge in [0.1, 0.15) is 11.3 Å². The smallest absolute Gasteiger partial charge is 0.341 e. The predicted molar refractivity (Wildman–Crippen MR) is 69.0 cm³/mol. The number of aromatic carboxylic acids is 1. The van der Waals surface area contributed by atoms with Crippen molar-refractivity contribution in [3.05, 3.63) is 51.4 Å². The van der Waals surface area contributed by atoms with Gasteiger partial charge in [-0.3, -0.25) is 9.36 Å². The highest BCUT2D eigenvalue weighted by molar-refractivity contribution is 5.93. The first-order valence-corrected chi connectivity index (χ1v) is 5.97. The average Bonchev–Trinajstić information content (AvgIpc) is 2.87. The summed E-state index contributed by atoms with van der Waals surface area (Å²) >= 11 is 0. The first-order chi connectivity index (χ1) is 10.4. The summed E-state index contributed by atoms with van der Waals surface area (Å²) in [5.41, 5.74) is -1.30. The zero-order chi connectivity index (χ0) is 16.0. The molecular formula is C13H7F2N3O4. The molecule has 9 heteroatoms. The van der Waals surface area contributed by atoms with Crippen molar-refractivity contribution in [1.82, 2.24) is 14.9 Å². The van der Waals surface area contributed by atoms with Crippen molar-refractivity contribution in [3.63, 3.8) is 0 Å². The second-order valence-corrected chi connectivity index (χ2v) is 4.50. The first kappa shape index (κ1) is 13.9. The highest BCUT2D eigenvalue weighted by Crippen LogP contribution is 2.21. The van der Waals surface area contributed by atoms with Crippen LogP contribution in [0.1, 0.15) is 16.1 Å². The van der Waals surface area contributed by atoms with Gasteiger partial charge in [0.15, 0.2) is 11.6 Å². The van der Waals surface area contributed by atoms with Crippen LogP contribution in [-0.2, 0) is 0 Å². The van der Waals surface area contributed by atoms with Gasteiger partial charge in [-0.1, -0.05) is 5.16 Å². The maximum absolute atomic E-state index is 13.5. The minimum atomic E-state index is -1.50. The second kappa shape index (κ2) is 4.72. The third kappa shape index (κ3) is 1.94. The molecule has 0 spiro atoms. The number of aromatic nitrogens is 3. The number of fused-ring (bicyclic) bond motifs is 1. The summed E-state index contributed by atoms with van der Waals surface area (Å²) < 4.78 is 32.5. The number of carboxylic acid groups (broad SMARTS) is 1. The molecule has 7 nitrogen and oxygen atoms in total. The number of benzene rings is 1. The summed E-state index contributed by atoms with van der Waals surface area (Å²) in [7, 11) is 0. The molecule has 2 aromatic heterocycles. The largest absolute Gasteiger partial charge is 0.477 e. The molecule has 0 unspecified atom stereocenters. The van der Waals surface area contributed by atoms with Crippen molar-refractivity contribution in [2.24, 2.45) is 0 Å². The van der Waals surface area contributed by atoms with E-state index in [2.05, 4.69) is 14.9 Å². The Morgan fingerprint density at radius 3 is 2.55 bits per heavy atom. The van der Waals surface area contributed by atoms with E-state index in [0.717, 1.165) is 16.8 Å². The molecule has 0 fully saturated rings. The molecular weight excluding hydrogens is 300 g/mol. The quantitative estimate of drug-likeness (QED) is 0.773. The van der Waals surface area contributed by atoms with Crippen LogP contribution in [0.25, 0.3) is 16.7 Å². The van der Waals surface area contributed by atoms with Crippen molar-refractivity contribution in [1.29, 1.82) is 0 Å². The van der Waals surface area contributed by atoms with Crippen molar-refractivity contribution in [3.8, 4) is 5.82 Å². The highest BCUT2D eigenvalue weighted by atomic mass is 19.2. The van der Waals surface area contributed by atoms with Gasteiger partial charge >= 0.3 is 5.97 Å². The Balaban J connectivity index is 2.53. The van der Waals surface area contributed by atoms with Crippen LogP contribution in [0.4, 0.5) is 8.78 Å². The molecule has 112 valence electrons. The number of pyridine rings is 1. The summed E-state index contributed by atoms with van der Waals surface area (Å²) in [6.45, 7) is 1.52. The normalized spacial score (nSPS) is 11.0. The molecule has 0 atom stereocenters. The number of carbonyl (C=O) groups is 1. The van der Waals surface area contributed by atoms with Gasteiger partial charge in [-0.2, -0.15) is 0 Å². The van der Waals surface area contributed by atoms with Gasteiger partial charge in [-0.15, -0.1) is 0 Å². The van der Waals surface area contributed by atoms with Crippen LogP contribution >= 0.6 is 0 Å². The van der Waals surface area contributed by atoms with E-state index in [1.54, 1.807) is 0 Å². The lowest BCUT2D eigenvalue weighted by atomic mass is 10.1. The zero-order valence-corrected chi connectivity index (χ0v) is 11.0. The number of hydrogen-bond donors (Lipinski definition) is 1. The molecule has 0 aliphatic heterocycles. The molecule has 2 heterocycles. The van der Waals surface area contributed by atoms with Crippen molar-refractivity contribution in [2.45, 2.75) is 6.92 Å². The lowest BCUT2D eigenvalue weighted by Crippen LogP contribution is -2.19. The van der Waals surface area contributed by atoms with Gasteiger partial charge in [-0.25, -0.2) is 18.2 Å². The summed E-state index contributed by atoms with van der Waals surface area (Å²) in [6.07, 6.45) is 0.969. The van der Waals surface area contributed by atoms with E-state index in [4.69, 9.17) is 5.11 Å². The number of aryl methyl sites for hydroxylation is 1. The third-order valence-electron chi connectivity index (χ3n) is 3.13. The van der Waals surface area contributed by atoms with Crippen LogP contribution in [0.2, 0.25) is 0 Å².